The summed E-state index contributed by atoms with van der Waals surface area (Å²) >= 11 is 0. The number of nitrogens with zero attached hydrogens (tertiary/aromatic N) is 1. The Labute approximate surface area is 123 Å². The van der Waals surface area contributed by atoms with Gasteiger partial charge in [0.2, 0.25) is 0 Å². The largest absolute Gasteiger partial charge is 0.508 e. The molecule has 1 aromatic rings. The Hall–Kier alpha value is -1.80. The molecule has 0 bridgehead atoms. The van der Waals surface area contributed by atoms with Crippen LogP contribution in [0.3, 0.4) is 0 Å². The van der Waals surface area contributed by atoms with Crippen molar-refractivity contribution in [1.29, 1.82) is 0 Å². The Morgan fingerprint density at radius 2 is 1.86 bits per heavy atom. The van der Waals surface area contributed by atoms with E-state index >= 15 is 0 Å². The quantitative estimate of drug-likeness (QED) is 0.873. The van der Waals surface area contributed by atoms with E-state index in [0.29, 0.717) is 25.9 Å². The monoisotopic (exact) mass is 314 g/mol. The summed E-state index contributed by atoms with van der Waals surface area (Å²) in [6.45, 7) is 0.662. The Kier molecular flexibility index (Phi) is 4.69. The summed E-state index contributed by atoms with van der Waals surface area (Å²) < 4.78 is 31.2. The SMILES string of the molecule is COC(=O)NS(=O)(=O)N1CCC(c2ccc(O)cc2)CC1. The van der Waals surface area contributed by atoms with Crippen LogP contribution in [0.25, 0.3) is 0 Å². The molecule has 7 nitrogen and oxygen atoms in total. The topological polar surface area (TPSA) is 95.9 Å². The Morgan fingerprint density at radius 3 is 2.38 bits per heavy atom. The van der Waals surface area contributed by atoms with Gasteiger partial charge in [-0.05, 0) is 36.5 Å². The van der Waals surface area contributed by atoms with E-state index in [1.54, 1.807) is 12.1 Å². The van der Waals surface area contributed by atoms with E-state index in [1.807, 2.05) is 16.9 Å². The Balaban J connectivity index is 1.97. The molecule has 1 heterocycles. The van der Waals surface area contributed by atoms with Crippen LogP contribution in [0.2, 0.25) is 0 Å². The van der Waals surface area contributed by atoms with Gasteiger partial charge in [0.05, 0.1) is 7.11 Å². The van der Waals surface area contributed by atoms with Crippen LogP contribution in [0.1, 0.15) is 24.3 Å². The normalized spacial score (nSPS) is 17.4. The zero-order chi connectivity index (χ0) is 15.5. The van der Waals surface area contributed by atoms with E-state index < -0.39 is 16.3 Å². The second-order valence-corrected chi connectivity index (χ2v) is 6.53. The van der Waals surface area contributed by atoms with Crippen molar-refractivity contribution in [3.63, 3.8) is 0 Å². The van der Waals surface area contributed by atoms with Crippen molar-refractivity contribution in [3.05, 3.63) is 29.8 Å². The van der Waals surface area contributed by atoms with Crippen LogP contribution in [0, 0.1) is 0 Å². The molecule has 1 fully saturated rings. The molecule has 0 aromatic heterocycles. The average molecular weight is 314 g/mol. The van der Waals surface area contributed by atoms with Gasteiger partial charge in [-0.15, -0.1) is 0 Å². The molecule has 1 saturated heterocycles. The smallest absolute Gasteiger partial charge is 0.421 e. The molecule has 8 heteroatoms. The molecule has 1 amide bonds. The number of methoxy groups -OCH3 is 1. The fraction of sp³-hybridized carbons (Fsp3) is 0.462. The van der Waals surface area contributed by atoms with Gasteiger partial charge >= 0.3 is 16.3 Å². The highest BCUT2D eigenvalue weighted by Crippen LogP contribution is 2.29. The van der Waals surface area contributed by atoms with E-state index in [2.05, 4.69) is 4.74 Å². The minimum atomic E-state index is -3.84. The van der Waals surface area contributed by atoms with Crippen molar-refractivity contribution < 1.29 is 23.1 Å². The summed E-state index contributed by atoms with van der Waals surface area (Å²) in [6.07, 6.45) is 0.329. The molecule has 1 aliphatic heterocycles. The van der Waals surface area contributed by atoms with E-state index in [9.17, 15) is 18.3 Å². The molecule has 2 rings (SSSR count). The van der Waals surface area contributed by atoms with Gasteiger partial charge in [-0.2, -0.15) is 12.7 Å². The number of ether oxygens (including phenoxy) is 1. The fourth-order valence-corrected chi connectivity index (χ4v) is 3.50. The van der Waals surface area contributed by atoms with E-state index in [-0.39, 0.29) is 11.7 Å². The van der Waals surface area contributed by atoms with Gasteiger partial charge in [0.25, 0.3) is 0 Å². The number of nitrogens with one attached hydrogen (secondary N) is 1. The highest BCUT2D eigenvalue weighted by molar-refractivity contribution is 7.87. The predicted molar refractivity (Wildman–Crippen MR) is 76.1 cm³/mol. The van der Waals surface area contributed by atoms with Gasteiger partial charge in [-0.25, -0.2) is 9.52 Å². The van der Waals surface area contributed by atoms with E-state index in [4.69, 9.17) is 0 Å². The van der Waals surface area contributed by atoms with Gasteiger partial charge in [0.1, 0.15) is 5.75 Å². The third kappa shape index (κ3) is 3.85. The third-order valence-corrected chi connectivity index (χ3v) is 5.03. The minimum absolute atomic E-state index is 0.209. The summed E-state index contributed by atoms with van der Waals surface area (Å²) in [5, 5.41) is 9.27. The summed E-state index contributed by atoms with van der Waals surface area (Å²) in [6, 6.07) is 6.93. The number of carbonyl (C=O) groups is 1. The van der Waals surface area contributed by atoms with Crippen molar-refractivity contribution in [2.75, 3.05) is 20.2 Å². The van der Waals surface area contributed by atoms with Crippen LogP contribution in [-0.2, 0) is 14.9 Å². The number of piperidine rings is 1. The van der Waals surface area contributed by atoms with Gasteiger partial charge in [0.15, 0.2) is 0 Å². The fourth-order valence-electron chi connectivity index (χ4n) is 2.39. The molecule has 1 aliphatic rings. The molecule has 0 unspecified atom stereocenters. The van der Waals surface area contributed by atoms with Crippen molar-refractivity contribution >= 4 is 16.3 Å². The maximum Gasteiger partial charge on any atom is 0.421 e. The highest BCUT2D eigenvalue weighted by Gasteiger charge is 2.30. The first-order chi connectivity index (χ1) is 9.92. The Morgan fingerprint density at radius 1 is 1.29 bits per heavy atom. The molecule has 0 atom stereocenters. The molecule has 2 N–H and O–H groups in total. The van der Waals surface area contributed by atoms with Gasteiger partial charge in [-0.3, -0.25) is 0 Å². The first kappa shape index (κ1) is 15.6. The maximum atomic E-state index is 11.9. The van der Waals surface area contributed by atoms with Crippen molar-refractivity contribution in [3.8, 4) is 5.75 Å². The summed E-state index contributed by atoms with van der Waals surface area (Å²) in [5.74, 6) is 0.455. The van der Waals surface area contributed by atoms with Crippen molar-refractivity contribution in [2.45, 2.75) is 18.8 Å². The van der Waals surface area contributed by atoms with E-state index in [0.717, 1.165) is 12.7 Å². The van der Waals surface area contributed by atoms with Crippen LogP contribution < -0.4 is 4.72 Å². The number of phenolic OH excluding ortho intramolecular Hbond substituents is 1. The third-order valence-electron chi connectivity index (χ3n) is 3.56. The zero-order valence-electron chi connectivity index (χ0n) is 11.7. The lowest BCUT2D eigenvalue weighted by molar-refractivity contribution is 0.176. The number of phenols is 1. The lowest BCUT2D eigenvalue weighted by Gasteiger charge is -2.31. The van der Waals surface area contributed by atoms with E-state index in [1.165, 1.54) is 4.31 Å². The van der Waals surface area contributed by atoms with Crippen LogP contribution in [0.4, 0.5) is 4.79 Å². The predicted octanol–water partition coefficient (Wildman–Crippen LogP) is 1.17. The number of carbonyl (C=O) groups excluding carboxylic acids is 1. The standard InChI is InChI=1S/C13H18N2O5S/c1-20-13(17)14-21(18,19)15-8-6-11(7-9-15)10-2-4-12(16)5-3-10/h2-5,11,16H,6-9H2,1H3,(H,14,17). The molecule has 21 heavy (non-hydrogen) atoms. The first-order valence-electron chi connectivity index (χ1n) is 6.57. The maximum absolute atomic E-state index is 11.9. The van der Waals surface area contributed by atoms with Crippen LogP contribution >= 0.6 is 0 Å². The molecular formula is C13H18N2O5S. The number of benzene rings is 1. The van der Waals surface area contributed by atoms with Crippen molar-refractivity contribution in [2.24, 2.45) is 0 Å². The lowest BCUT2D eigenvalue weighted by Crippen LogP contribution is -2.46. The van der Waals surface area contributed by atoms with Gasteiger partial charge in [-0.1, -0.05) is 12.1 Å². The van der Waals surface area contributed by atoms with Crippen LogP contribution in [0.15, 0.2) is 24.3 Å². The van der Waals surface area contributed by atoms with Gasteiger partial charge < -0.3 is 9.84 Å². The second kappa shape index (κ2) is 6.31. The summed E-state index contributed by atoms with van der Waals surface area (Å²) in [7, 11) is -2.73. The van der Waals surface area contributed by atoms with Crippen molar-refractivity contribution in [1.82, 2.24) is 9.03 Å². The summed E-state index contributed by atoms with van der Waals surface area (Å²) in [4.78, 5) is 11.0. The molecule has 0 aliphatic carbocycles. The molecule has 0 saturated carbocycles. The number of amides is 1. The molecule has 0 radical (unpaired) electrons. The number of aromatic hydroxyl groups is 1. The summed E-state index contributed by atoms with van der Waals surface area (Å²) in [5.41, 5.74) is 1.07. The van der Waals surface area contributed by atoms with Crippen LogP contribution in [0.5, 0.6) is 5.75 Å². The van der Waals surface area contributed by atoms with Crippen LogP contribution in [-0.4, -0.2) is 44.1 Å². The minimum Gasteiger partial charge on any atom is -0.508 e. The Bertz CT molecular complexity index is 591. The first-order valence-corrected chi connectivity index (χ1v) is 8.01. The number of hydrogen-bond donors (Lipinski definition) is 2. The zero-order valence-corrected chi connectivity index (χ0v) is 12.5. The lowest BCUT2D eigenvalue weighted by atomic mass is 9.90. The molecule has 116 valence electrons. The molecule has 1 aromatic carbocycles. The highest BCUT2D eigenvalue weighted by atomic mass is 32.2. The number of hydrogen-bond acceptors (Lipinski definition) is 5. The second-order valence-electron chi connectivity index (χ2n) is 4.86. The average Bonchev–Trinajstić information content (AvgIpc) is 2.47. The number of rotatable bonds is 3. The van der Waals surface area contributed by atoms with Gasteiger partial charge in [0, 0.05) is 13.1 Å². The molecule has 0 spiro atoms. The molecular weight excluding hydrogens is 296 g/mol.